The fourth-order valence-electron chi connectivity index (χ4n) is 2.45. The van der Waals surface area contributed by atoms with Gasteiger partial charge in [-0.05, 0) is 24.8 Å². The predicted octanol–water partition coefficient (Wildman–Crippen LogP) is 2.29. The molecule has 1 aliphatic heterocycles. The Hall–Kier alpha value is -1.35. The van der Waals surface area contributed by atoms with Crippen LogP contribution in [0.25, 0.3) is 0 Å². The standard InChI is InChI=1S/C14H19NO2/c1-3-17-14(16)12-9-10(2)13(15-12)11-7-5-4-6-8-11/h4-8,10,12-13,15H,3,9H2,1-2H3/t10-,12-,13+/m1/s1. The third-order valence-electron chi connectivity index (χ3n) is 3.29. The van der Waals surface area contributed by atoms with E-state index in [1.54, 1.807) is 0 Å². The highest BCUT2D eigenvalue weighted by Crippen LogP contribution is 2.32. The van der Waals surface area contributed by atoms with Crippen molar-refractivity contribution in [3.8, 4) is 0 Å². The molecule has 0 aliphatic carbocycles. The van der Waals surface area contributed by atoms with Crippen molar-refractivity contribution < 1.29 is 9.53 Å². The van der Waals surface area contributed by atoms with Crippen LogP contribution in [0.4, 0.5) is 0 Å². The molecule has 0 saturated carbocycles. The topological polar surface area (TPSA) is 38.3 Å². The second-order valence-corrected chi connectivity index (χ2v) is 4.57. The third kappa shape index (κ3) is 2.67. The predicted molar refractivity (Wildman–Crippen MR) is 66.5 cm³/mol. The summed E-state index contributed by atoms with van der Waals surface area (Å²) >= 11 is 0. The second-order valence-electron chi connectivity index (χ2n) is 4.57. The van der Waals surface area contributed by atoms with Crippen LogP contribution in [-0.4, -0.2) is 18.6 Å². The Bertz CT molecular complexity index is 377. The molecule has 1 aliphatic rings. The highest BCUT2D eigenvalue weighted by molar-refractivity contribution is 5.76. The molecule has 0 aromatic heterocycles. The van der Waals surface area contributed by atoms with Gasteiger partial charge >= 0.3 is 5.97 Å². The highest BCUT2D eigenvalue weighted by atomic mass is 16.5. The molecule has 0 radical (unpaired) electrons. The Morgan fingerprint density at radius 1 is 1.41 bits per heavy atom. The molecule has 3 nitrogen and oxygen atoms in total. The monoisotopic (exact) mass is 233 g/mol. The van der Waals surface area contributed by atoms with E-state index >= 15 is 0 Å². The molecule has 1 fully saturated rings. The summed E-state index contributed by atoms with van der Waals surface area (Å²) in [5.74, 6) is 0.324. The summed E-state index contributed by atoms with van der Waals surface area (Å²) in [5, 5.41) is 3.37. The summed E-state index contributed by atoms with van der Waals surface area (Å²) in [6.07, 6.45) is 0.846. The molecule has 0 spiro atoms. The lowest BCUT2D eigenvalue weighted by Gasteiger charge is -2.16. The van der Waals surface area contributed by atoms with E-state index in [1.165, 1.54) is 5.56 Å². The molecule has 17 heavy (non-hydrogen) atoms. The van der Waals surface area contributed by atoms with Gasteiger partial charge in [0.2, 0.25) is 0 Å². The number of hydrogen-bond donors (Lipinski definition) is 1. The number of benzene rings is 1. The fraction of sp³-hybridized carbons (Fsp3) is 0.500. The smallest absolute Gasteiger partial charge is 0.323 e. The van der Waals surface area contributed by atoms with Crippen LogP contribution in [0, 0.1) is 5.92 Å². The van der Waals surface area contributed by atoms with Crippen molar-refractivity contribution in [2.24, 2.45) is 5.92 Å². The van der Waals surface area contributed by atoms with Crippen LogP contribution >= 0.6 is 0 Å². The maximum Gasteiger partial charge on any atom is 0.323 e. The molecule has 1 saturated heterocycles. The molecular formula is C14H19NO2. The lowest BCUT2D eigenvalue weighted by Crippen LogP contribution is -2.33. The summed E-state index contributed by atoms with van der Waals surface area (Å²) in [7, 11) is 0. The highest BCUT2D eigenvalue weighted by Gasteiger charge is 2.36. The van der Waals surface area contributed by atoms with Gasteiger partial charge < -0.3 is 4.74 Å². The van der Waals surface area contributed by atoms with Crippen molar-refractivity contribution in [1.82, 2.24) is 5.32 Å². The van der Waals surface area contributed by atoms with Gasteiger partial charge in [0.1, 0.15) is 6.04 Å². The van der Waals surface area contributed by atoms with Gasteiger partial charge in [0, 0.05) is 6.04 Å². The molecule has 1 heterocycles. The van der Waals surface area contributed by atoms with E-state index in [1.807, 2.05) is 25.1 Å². The van der Waals surface area contributed by atoms with Crippen molar-refractivity contribution in [2.45, 2.75) is 32.4 Å². The van der Waals surface area contributed by atoms with Gasteiger partial charge in [-0.25, -0.2) is 0 Å². The van der Waals surface area contributed by atoms with Crippen molar-refractivity contribution in [2.75, 3.05) is 6.61 Å². The number of nitrogens with one attached hydrogen (secondary N) is 1. The molecule has 1 N–H and O–H groups in total. The fourth-order valence-corrected chi connectivity index (χ4v) is 2.45. The largest absolute Gasteiger partial charge is 0.465 e. The van der Waals surface area contributed by atoms with Gasteiger partial charge in [-0.15, -0.1) is 0 Å². The lowest BCUT2D eigenvalue weighted by molar-refractivity contribution is -0.145. The van der Waals surface area contributed by atoms with E-state index in [-0.39, 0.29) is 18.1 Å². The quantitative estimate of drug-likeness (QED) is 0.814. The van der Waals surface area contributed by atoms with Crippen LogP contribution in [0.1, 0.15) is 31.9 Å². The zero-order valence-electron chi connectivity index (χ0n) is 10.3. The average Bonchev–Trinajstić information content (AvgIpc) is 2.73. The number of carbonyl (C=O) groups excluding carboxylic acids is 1. The van der Waals surface area contributed by atoms with Crippen LogP contribution < -0.4 is 5.32 Å². The van der Waals surface area contributed by atoms with Crippen LogP contribution in [0.5, 0.6) is 0 Å². The first kappa shape index (κ1) is 12.1. The number of rotatable bonds is 3. The third-order valence-corrected chi connectivity index (χ3v) is 3.29. The number of ether oxygens (including phenoxy) is 1. The molecule has 1 aromatic carbocycles. The van der Waals surface area contributed by atoms with Crippen molar-refractivity contribution >= 4 is 5.97 Å². The Kier molecular flexibility index (Phi) is 3.79. The summed E-state index contributed by atoms with van der Waals surface area (Å²) in [6, 6.07) is 10.4. The van der Waals surface area contributed by atoms with E-state index in [0.29, 0.717) is 12.5 Å². The first-order valence-corrected chi connectivity index (χ1v) is 6.20. The SMILES string of the molecule is CCOC(=O)[C@H]1C[C@@H](C)[C@@H](c2ccccc2)N1. The second kappa shape index (κ2) is 5.32. The molecular weight excluding hydrogens is 214 g/mol. The summed E-state index contributed by atoms with van der Waals surface area (Å²) < 4.78 is 5.06. The summed E-state index contributed by atoms with van der Waals surface area (Å²) in [5.41, 5.74) is 1.24. The lowest BCUT2D eigenvalue weighted by atomic mass is 9.95. The van der Waals surface area contributed by atoms with Gasteiger partial charge in [-0.3, -0.25) is 10.1 Å². The Morgan fingerprint density at radius 2 is 2.12 bits per heavy atom. The minimum absolute atomic E-state index is 0.127. The van der Waals surface area contributed by atoms with E-state index in [9.17, 15) is 4.79 Å². The van der Waals surface area contributed by atoms with Crippen LogP contribution in [0.3, 0.4) is 0 Å². The average molecular weight is 233 g/mol. The van der Waals surface area contributed by atoms with Crippen molar-refractivity contribution in [1.29, 1.82) is 0 Å². The molecule has 3 heteroatoms. The molecule has 0 unspecified atom stereocenters. The van der Waals surface area contributed by atoms with E-state index < -0.39 is 0 Å². The number of hydrogen-bond acceptors (Lipinski definition) is 3. The van der Waals surface area contributed by atoms with Gasteiger partial charge in [-0.1, -0.05) is 37.3 Å². The van der Waals surface area contributed by atoms with Gasteiger partial charge in [-0.2, -0.15) is 0 Å². The maximum absolute atomic E-state index is 11.7. The Morgan fingerprint density at radius 3 is 2.76 bits per heavy atom. The van der Waals surface area contributed by atoms with Crippen molar-refractivity contribution in [3.63, 3.8) is 0 Å². The van der Waals surface area contributed by atoms with Gasteiger partial charge in [0.25, 0.3) is 0 Å². The molecule has 92 valence electrons. The summed E-state index contributed by atoms with van der Waals surface area (Å²) in [4.78, 5) is 11.7. The minimum Gasteiger partial charge on any atom is -0.465 e. The van der Waals surface area contributed by atoms with E-state index in [2.05, 4.69) is 24.4 Å². The number of carbonyl (C=O) groups is 1. The summed E-state index contributed by atoms with van der Waals surface area (Å²) in [6.45, 7) is 4.45. The zero-order chi connectivity index (χ0) is 12.3. The van der Waals surface area contributed by atoms with Crippen LogP contribution in [0.2, 0.25) is 0 Å². The van der Waals surface area contributed by atoms with Crippen molar-refractivity contribution in [3.05, 3.63) is 35.9 Å². The molecule has 2 rings (SSSR count). The van der Waals surface area contributed by atoms with Gasteiger partial charge in [0.15, 0.2) is 0 Å². The molecule has 0 amide bonds. The minimum atomic E-state index is -0.157. The maximum atomic E-state index is 11.7. The number of esters is 1. The molecule has 1 aromatic rings. The Balaban J connectivity index is 2.05. The molecule has 3 atom stereocenters. The first-order chi connectivity index (χ1) is 8.22. The Labute approximate surface area is 102 Å². The van der Waals surface area contributed by atoms with E-state index in [0.717, 1.165) is 6.42 Å². The zero-order valence-corrected chi connectivity index (χ0v) is 10.3. The molecule has 0 bridgehead atoms. The first-order valence-electron chi connectivity index (χ1n) is 6.20. The normalized spacial score (nSPS) is 28.0. The van der Waals surface area contributed by atoms with E-state index in [4.69, 9.17) is 4.74 Å². The van der Waals surface area contributed by atoms with Crippen LogP contribution in [0.15, 0.2) is 30.3 Å². The van der Waals surface area contributed by atoms with Crippen LogP contribution in [-0.2, 0) is 9.53 Å². The van der Waals surface area contributed by atoms with Gasteiger partial charge in [0.05, 0.1) is 6.61 Å².